The Kier molecular flexibility index (Phi) is 4.18. The van der Waals surface area contributed by atoms with Crippen molar-refractivity contribution < 1.29 is 19.0 Å². The fourth-order valence-corrected chi connectivity index (χ4v) is 2.89. The number of hydrogen-bond donors (Lipinski definition) is 1. The second-order valence-corrected chi connectivity index (χ2v) is 5.74. The molecule has 0 bridgehead atoms. The molecule has 21 heavy (non-hydrogen) atoms. The van der Waals surface area contributed by atoms with Crippen molar-refractivity contribution in [3.05, 3.63) is 18.2 Å². The van der Waals surface area contributed by atoms with Crippen molar-refractivity contribution >= 4 is 5.91 Å². The van der Waals surface area contributed by atoms with Gasteiger partial charge in [-0.3, -0.25) is 4.79 Å². The van der Waals surface area contributed by atoms with Crippen LogP contribution in [0.2, 0.25) is 0 Å². The van der Waals surface area contributed by atoms with Gasteiger partial charge in [-0.05, 0) is 30.9 Å². The van der Waals surface area contributed by atoms with Gasteiger partial charge in [0.25, 0.3) is 5.91 Å². The Hall–Kier alpha value is -1.91. The molecule has 0 spiro atoms. The Morgan fingerprint density at radius 2 is 2.10 bits per heavy atom. The highest BCUT2D eigenvalue weighted by atomic mass is 16.7. The lowest BCUT2D eigenvalue weighted by Crippen LogP contribution is -2.43. The van der Waals surface area contributed by atoms with E-state index in [0.29, 0.717) is 23.2 Å². The van der Waals surface area contributed by atoms with E-state index in [9.17, 15) is 4.79 Å². The van der Waals surface area contributed by atoms with Gasteiger partial charge in [0.1, 0.15) is 5.75 Å². The third-order valence-electron chi connectivity index (χ3n) is 4.17. The molecule has 1 heterocycles. The summed E-state index contributed by atoms with van der Waals surface area (Å²) in [6, 6.07) is 5.60. The average Bonchev–Trinajstić information content (AvgIpc) is 2.95. The van der Waals surface area contributed by atoms with Crippen molar-refractivity contribution in [2.75, 3.05) is 13.4 Å². The molecule has 2 atom stereocenters. The number of rotatable bonds is 4. The molecule has 114 valence electrons. The highest BCUT2D eigenvalue weighted by Crippen LogP contribution is 2.35. The molecule has 1 aliphatic heterocycles. The predicted molar refractivity (Wildman–Crippen MR) is 77.6 cm³/mol. The molecule has 0 radical (unpaired) electrons. The first kappa shape index (κ1) is 14.0. The molecule has 1 aromatic rings. The number of carbonyl (C=O) groups is 1. The zero-order valence-electron chi connectivity index (χ0n) is 12.3. The van der Waals surface area contributed by atoms with Gasteiger partial charge in [-0.25, -0.2) is 0 Å². The molecule has 0 saturated heterocycles. The smallest absolute Gasteiger partial charge is 0.258 e. The summed E-state index contributed by atoms with van der Waals surface area (Å²) in [6.07, 6.45) is 4.71. The second kappa shape index (κ2) is 6.24. The van der Waals surface area contributed by atoms with Crippen LogP contribution >= 0.6 is 0 Å². The van der Waals surface area contributed by atoms with E-state index in [0.717, 1.165) is 6.42 Å². The average molecular weight is 291 g/mol. The number of benzene rings is 1. The number of amides is 1. The van der Waals surface area contributed by atoms with E-state index in [1.54, 1.807) is 18.2 Å². The molecule has 0 unspecified atom stereocenters. The number of ether oxygens (including phenoxy) is 3. The fraction of sp³-hybridized carbons (Fsp3) is 0.562. The summed E-state index contributed by atoms with van der Waals surface area (Å²) in [5.41, 5.74) is 0. The SMILES string of the molecule is C[C@H]1CCCC[C@@H]1NC(=O)COc1ccc2c(c1)OCO2. The van der Waals surface area contributed by atoms with E-state index in [1.165, 1.54) is 19.3 Å². The highest BCUT2D eigenvalue weighted by molar-refractivity contribution is 5.77. The van der Waals surface area contributed by atoms with Crippen LogP contribution < -0.4 is 19.5 Å². The van der Waals surface area contributed by atoms with Gasteiger partial charge < -0.3 is 19.5 Å². The van der Waals surface area contributed by atoms with Crippen molar-refractivity contribution in [1.29, 1.82) is 0 Å². The van der Waals surface area contributed by atoms with Crippen LogP contribution in [0.25, 0.3) is 0 Å². The predicted octanol–water partition coefficient (Wildman–Crippen LogP) is 2.49. The quantitative estimate of drug-likeness (QED) is 0.926. The van der Waals surface area contributed by atoms with Crippen LogP contribution in [-0.2, 0) is 4.79 Å². The second-order valence-electron chi connectivity index (χ2n) is 5.74. The van der Waals surface area contributed by atoms with Gasteiger partial charge in [-0.1, -0.05) is 19.8 Å². The van der Waals surface area contributed by atoms with Crippen LogP contribution in [0, 0.1) is 5.92 Å². The first-order valence-corrected chi connectivity index (χ1v) is 7.54. The monoisotopic (exact) mass is 291 g/mol. The van der Waals surface area contributed by atoms with Crippen LogP contribution in [0.1, 0.15) is 32.6 Å². The van der Waals surface area contributed by atoms with Crippen molar-refractivity contribution in [2.45, 2.75) is 38.6 Å². The van der Waals surface area contributed by atoms with Crippen LogP contribution in [0.15, 0.2) is 18.2 Å². The summed E-state index contributed by atoms with van der Waals surface area (Å²) in [4.78, 5) is 12.0. The molecule has 5 heteroatoms. The lowest BCUT2D eigenvalue weighted by molar-refractivity contribution is -0.124. The van der Waals surface area contributed by atoms with E-state index < -0.39 is 0 Å². The third kappa shape index (κ3) is 3.40. The maximum absolute atomic E-state index is 12.0. The lowest BCUT2D eigenvalue weighted by Gasteiger charge is -2.29. The van der Waals surface area contributed by atoms with Crippen molar-refractivity contribution in [1.82, 2.24) is 5.32 Å². The molecule has 3 rings (SSSR count). The summed E-state index contributed by atoms with van der Waals surface area (Å²) in [5.74, 6) is 2.47. The van der Waals surface area contributed by atoms with E-state index in [1.807, 2.05) is 0 Å². The number of carbonyl (C=O) groups excluding carboxylic acids is 1. The van der Waals surface area contributed by atoms with Gasteiger partial charge in [0.05, 0.1) is 0 Å². The number of hydrogen-bond acceptors (Lipinski definition) is 4. The highest BCUT2D eigenvalue weighted by Gasteiger charge is 2.23. The molecular formula is C16H21NO4. The minimum absolute atomic E-state index is 0.0306. The standard InChI is InChI=1S/C16H21NO4/c1-11-4-2-3-5-13(11)17-16(18)9-19-12-6-7-14-15(8-12)21-10-20-14/h6-8,11,13H,2-5,9-10H2,1H3,(H,17,18)/t11-,13-/m0/s1. The van der Waals surface area contributed by atoms with Gasteiger partial charge in [-0.15, -0.1) is 0 Å². The molecule has 1 saturated carbocycles. The molecule has 5 nitrogen and oxygen atoms in total. The summed E-state index contributed by atoms with van der Waals surface area (Å²) in [5, 5.41) is 3.07. The molecule has 1 N–H and O–H groups in total. The molecule has 1 aromatic carbocycles. The maximum atomic E-state index is 12.0. The van der Waals surface area contributed by atoms with E-state index in [4.69, 9.17) is 14.2 Å². The zero-order chi connectivity index (χ0) is 14.7. The van der Waals surface area contributed by atoms with Gasteiger partial charge in [0.2, 0.25) is 6.79 Å². The molecular weight excluding hydrogens is 270 g/mol. The first-order valence-electron chi connectivity index (χ1n) is 7.54. The summed E-state index contributed by atoms with van der Waals surface area (Å²) in [6.45, 7) is 2.46. The van der Waals surface area contributed by atoms with E-state index in [-0.39, 0.29) is 25.3 Å². The Morgan fingerprint density at radius 1 is 1.29 bits per heavy atom. The molecule has 1 fully saturated rings. The Morgan fingerprint density at radius 3 is 2.95 bits per heavy atom. The lowest BCUT2D eigenvalue weighted by atomic mass is 9.86. The largest absolute Gasteiger partial charge is 0.484 e. The minimum atomic E-state index is -0.0635. The first-order chi connectivity index (χ1) is 10.2. The molecule has 2 aliphatic rings. The summed E-state index contributed by atoms with van der Waals surface area (Å²) >= 11 is 0. The van der Waals surface area contributed by atoms with Crippen molar-refractivity contribution in [3.8, 4) is 17.2 Å². The van der Waals surface area contributed by atoms with Crippen LogP contribution in [0.3, 0.4) is 0 Å². The summed E-state index contributed by atoms with van der Waals surface area (Å²) in [7, 11) is 0. The third-order valence-corrected chi connectivity index (χ3v) is 4.17. The number of nitrogens with one attached hydrogen (secondary N) is 1. The van der Waals surface area contributed by atoms with Gasteiger partial charge in [0.15, 0.2) is 18.1 Å². The van der Waals surface area contributed by atoms with E-state index >= 15 is 0 Å². The van der Waals surface area contributed by atoms with Crippen LogP contribution in [0.4, 0.5) is 0 Å². The molecule has 0 aromatic heterocycles. The number of fused-ring (bicyclic) bond motifs is 1. The summed E-state index contributed by atoms with van der Waals surface area (Å²) < 4.78 is 16.0. The van der Waals surface area contributed by atoms with Gasteiger partial charge in [0, 0.05) is 12.1 Å². The van der Waals surface area contributed by atoms with Crippen molar-refractivity contribution in [2.24, 2.45) is 5.92 Å². The fourth-order valence-electron chi connectivity index (χ4n) is 2.89. The maximum Gasteiger partial charge on any atom is 0.258 e. The van der Waals surface area contributed by atoms with Gasteiger partial charge >= 0.3 is 0 Å². The Labute approximate surface area is 124 Å². The van der Waals surface area contributed by atoms with Crippen LogP contribution in [0.5, 0.6) is 17.2 Å². The van der Waals surface area contributed by atoms with Gasteiger partial charge in [-0.2, -0.15) is 0 Å². The Balaban J connectivity index is 1.49. The zero-order valence-corrected chi connectivity index (χ0v) is 12.3. The topological polar surface area (TPSA) is 56.8 Å². The Bertz CT molecular complexity index is 517. The molecule has 1 aliphatic carbocycles. The molecule has 1 amide bonds. The van der Waals surface area contributed by atoms with Crippen molar-refractivity contribution in [3.63, 3.8) is 0 Å². The normalized spacial score (nSPS) is 23.7. The minimum Gasteiger partial charge on any atom is -0.484 e. The van der Waals surface area contributed by atoms with Crippen LogP contribution in [-0.4, -0.2) is 25.3 Å². The van der Waals surface area contributed by atoms with E-state index in [2.05, 4.69) is 12.2 Å².